The van der Waals surface area contributed by atoms with E-state index >= 15 is 0 Å². The molecule has 0 heterocycles. The summed E-state index contributed by atoms with van der Waals surface area (Å²) in [6.45, 7) is 2.32. The molecule has 138 valence electrons. The van der Waals surface area contributed by atoms with Gasteiger partial charge in [0.1, 0.15) is 0 Å². The van der Waals surface area contributed by atoms with Crippen molar-refractivity contribution in [2.75, 3.05) is 6.61 Å². The Labute approximate surface area is 156 Å². The first-order valence-electron chi connectivity index (χ1n) is 8.25. The van der Waals surface area contributed by atoms with Gasteiger partial charge >= 0.3 is 0 Å². The highest BCUT2D eigenvalue weighted by Crippen LogP contribution is 2.22. The van der Waals surface area contributed by atoms with Gasteiger partial charge in [0.15, 0.2) is 16.7 Å². The standard InChI is InChI=1S/C19H21F2N3OS/c1-2-3-9-25-17-11-15(10-16(20)18(17)21)12-23-24-19(22)26-13-14-7-5-4-6-8-14/h4-8,10-12H,2-3,9,13H2,1H3,(H2,22,24). The first-order valence-corrected chi connectivity index (χ1v) is 9.23. The van der Waals surface area contributed by atoms with Crippen molar-refractivity contribution in [3.8, 4) is 5.75 Å². The second-order valence-electron chi connectivity index (χ2n) is 5.47. The molecule has 2 rings (SSSR count). The molecule has 26 heavy (non-hydrogen) atoms. The van der Waals surface area contributed by atoms with E-state index in [9.17, 15) is 8.78 Å². The molecule has 0 saturated carbocycles. The number of thioether (sulfide) groups is 1. The van der Waals surface area contributed by atoms with Crippen LogP contribution in [0.3, 0.4) is 0 Å². The van der Waals surface area contributed by atoms with Gasteiger partial charge in [-0.25, -0.2) is 4.39 Å². The Morgan fingerprint density at radius 1 is 1.23 bits per heavy atom. The molecule has 0 atom stereocenters. The Bertz CT molecular complexity index is 767. The molecule has 7 heteroatoms. The highest BCUT2D eigenvalue weighted by molar-refractivity contribution is 8.13. The molecule has 0 bridgehead atoms. The largest absolute Gasteiger partial charge is 0.490 e. The van der Waals surface area contributed by atoms with Crippen molar-refractivity contribution in [3.05, 3.63) is 65.2 Å². The Balaban J connectivity index is 1.97. The van der Waals surface area contributed by atoms with Gasteiger partial charge in [-0.3, -0.25) is 0 Å². The lowest BCUT2D eigenvalue weighted by Crippen LogP contribution is -2.06. The minimum Gasteiger partial charge on any atom is -0.490 e. The zero-order valence-electron chi connectivity index (χ0n) is 14.5. The molecule has 0 aromatic heterocycles. The lowest BCUT2D eigenvalue weighted by atomic mass is 10.2. The van der Waals surface area contributed by atoms with Crippen LogP contribution in [0.4, 0.5) is 8.78 Å². The molecule has 0 aliphatic rings. The summed E-state index contributed by atoms with van der Waals surface area (Å²) in [5.74, 6) is -1.45. The van der Waals surface area contributed by atoms with E-state index in [1.54, 1.807) is 0 Å². The van der Waals surface area contributed by atoms with Gasteiger partial charge in [0.2, 0.25) is 5.82 Å². The maximum absolute atomic E-state index is 13.7. The van der Waals surface area contributed by atoms with E-state index in [1.165, 1.54) is 24.0 Å². The summed E-state index contributed by atoms with van der Waals surface area (Å²) in [7, 11) is 0. The average molecular weight is 377 g/mol. The normalized spacial score (nSPS) is 11.9. The summed E-state index contributed by atoms with van der Waals surface area (Å²) >= 11 is 1.34. The van der Waals surface area contributed by atoms with E-state index in [0.29, 0.717) is 17.9 Å². The second-order valence-corrected chi connectivity index (χ2v) is 6.47. The van der Waals surface area contributed by atoms with E-state index in [0.717, 1.165) is 24.5 Å². The van der Waals surface area contributed by atoms with E-state index in [4.69, 9.17) is 10.5 Å². The fourth-order valence-electron chi connectivity index (χ4n) is 2.00. The van der Waals surface area contributed by atoms with Crippen LogP contribution in [-0.2, 0) is 5.75 Å². The van der Waals surface area contributed by atoms with Gasteiger partial charge in [-0.1, -0.05) is 55.4 Å². The van der Waals surface area contributed by atoms with Gasteiger partial charge in [0.25, 0.3) is 0 Å². The summed E-state index contributed by atoms with van der Waals surface area (Å²) in [6, 6.07) is 12.2. The molecule has 0 saturated heterocycles. The third-order valence-corrected chi connectivity index (χ3v) is 4.22. The molecule has 0 amide bonds. The van der Waals surface area contributed by atoms with Crippen LogP contribution in [0.25, 0.3) is 0 Å². The molecule has 2 aromatic carbocycles. The molecule has 0 spiro atoms. The molecule has 2 N–H and O–H groups in total. The molecule has 2 aromatic rings. The highest BCUT2D eigenvalue weighted by atomic mass is 32.2. The van der Waals surface area contributed by atoms with Gasteiger partial charge in [0, 0.05) is 11.3 Å². The van der Waals surface area contributed by atoms with Crippen LogP contribution in [0, 0.1) is 11.6 Å². The quantitative estimate of drug-likeness (QED) is 0.313. The maximum Gasteiger partial charge on any atom is 0.200 e. The van der Waals surface area contributed by atoms with Gasteiger partial charge in [-0.2, -0.15) is 9.49 Å². The van der Waals surface area contributed by atoms with Crippen LogP contribution < -0.4 is 10.5 Å². The number of hydrogen-bond donors (Lipinski definition) is 1. The maximum atomic E-state index is 13.7. The number of hydrogen-bond acceptors (Lipinski definition) is 4. The fourth-order valence-corrected chi connectivity index (χ4v) is 2.61. The van der Waals surface area contributed by atoms with E-state index in [1.807, 2.05) is 37.3 Å². The molecule has 0 radical (unpaired) electrons. The number of nitrogens with two attached hydrogens (primary N) is 1. The van der Waals surface area contributed by atoms with Crippen molar-refractivity contribution in [1.29, 1.82) is 0 Å². The van der Waals surface area contributed by atoms with E-state index < -0.39 is 11.6 Å². The van der Waals surface area contributed by atoms with Gasteiger partial charge in [-0.05, 0) is 24.1 Å². The van der Waals surface area contributed by atoms with Crippen molar-refractivity contribution in [2.45, 2.75) is 25.5 Å². The Kier molecular flexibility index (Phi) is 8.08. The molecule has 0 fully saturated rings. The number of nitrogens with zero attached hydrogens (tertiary/aromatic N) is 2. The van der Waals surface area contributed by atoms with Crippen LogP contribution >= 0.6 is 11.8 Å². The van der Waals surface area contributed by atoms with Crippen LogP contribution in [0.15, 0.2) is 52.7 Å². The van der Waals surface area contributed by atoms with Crippen LogP contribution in [0.1, 0.15) is 30.9 Å². The fraction of sp³-hybridized carbons (Fsp3) is 0.263. The van der Waals surface area contributed by atoms with Gasteiger partial charge in [-0.15, -0.1) is 5.10 Å². The predicted octanol–water partition coefficient (Wildman–Crippen LogP) is 4.73. The van der Waals surface area contributed by atoms with E-state index in [-0.39, 0.29) is 10.9 Å². The summed E-state index contributed by atoms with van der Waals surface area (Å²) in [5, 5.41) is 7.98. The zero-order valence-corrected chi connectivity index (χ0v) is 15.3. The third kappa shape index (κ3) is 6.48. The number of amidine groups is 1. The van der Waals surface area contributed by atoms with Crippen molar-refractivity contribution in [3.63, 3.8) is 0 Å². The predicted molar refractivity (Wildman–Crippen MR) is 104 cm³/mol. The Morgan fingerprint density at radius 2 is 2.00 bits per heavy atom. The SMILES string of the molecule is CCCCOc1cc(C=NN=C(N)SCc2ccccc2)cc(F)c1F. The first kappa shape index (κ1) is 19.9. The topological polar surface area (TPSA) is 60.0 Å². The minimum atomic E-state index is -1.00. The van der Waals surface area contributed by atoms with Crippen molar-refractivity contribution in [2.24, 2.45) is 15.9 Å². The Hall–Kier alpha value is -2.41. The van der Waals surface area contributed by atoms with Gasteiger partial charge < -0.3 is 10.5 Å². The van der Waals surface area contributed by atoms with Crippen molar-refractivity contribution in [1.82, 2.24) is 0 Å². The lowest BCUT2D eigenvalue weighted by Gasteiger charge is -2.07. The number of halogens is 2. The van der Waals surface area contributed by atoms with Crippen LogP contribution in [0.2, 0.25) is 0 Å². The molecule has 4 nitrogen and oxygen atoms in total. The van der Waals surface area contributed by atoms with Crippen molar-refractivity contribution < 1.29 is 13.5 Å². The van der Waals surface area contributed by atoms with Crippen molar-refractivity contribution >= 4 is 23.1 Å². The molecule has 0 aliphatic carbocycles. The lowest BCUT2D eigenvalue weighted by molar-refractivity contribution is 0.288. The number of rotatable bonds is 8. The molecule has 0 aliphatic heterocycles. The number of unbranched alkanes of at least 4 members (excludes halogenated alkanes) is 1. The van der Waals surface area contributed by atoms with Crippen LogP contribution in [0.5, 0.6) is 5.75 Å². The summed E-state index contributed by atoms with van der Waals surface area (Å²) in [5.41, 5.74) is 7.26. The summed E-state index contributed by atoms with van der Waals surface area (Å²) < 4.78 is 32.7. The summed E-state index contributed by atoms with van der Waals surface area (Å²) in [6.07, 6.45) is 2.98. The smallest absolute Gasteiger partial charge is 0.200 e. The van der Waals surface area contributed by atoms with Crippen LogP contribution in [-0.4, -0.2) is 18.0 Å². The number of ether oxygens (including phenoxy) is 1. The average Bonchev–Trinajstić information content (AvgIpc) is 2.65. The Morgan fingerprint density at radius 3 is 2.73 bits per heavy atom. The molecular formula is C19H21F2N3OS. The monoisotopic (exact) mass is 377 g/mol. The zero-order chi connectivity index (χ0) is 18.8. The molecular weight excluding hydrogens is 356 g/mol. The van der Waals surface area contributed by atoms with E-state index in [2.05, 4.69) is 10.2 Å². The molecule has 0 unspecified atom stereocenters. The van der Waals surface area contributed by atoms with Gasteiger partial charge in [0.05, 0.1) is 12.8 Å². The summed E-state index contributed by atoms with van der Waals surface area (Å²) in [4.78, 5) is 0. The minimum absolute atomic E-state index is 0.129. The third-order valence-electron chi connectivity index (χ3n) is 3.37. The number of benzene rings is 2. The first-order chi connectivity index (χ1) is 12.6. The second kappa shape index (κ2) is 10.6. The highest BCUT2D eigenvalue weighted by Gasteiger charge is 2.11.